The molecule has 0 aromatic rings. The summed E-state index contributed by atoms with van der Waals surface area (Å²) in [6.45, 7) is 0. The van der Waals surface area contributed by atoms with Crippen LogP contribution in [0.15, 0.2) is 23.6 Å². The molecule has 0 heterocycles. The van der Waals surface area contributed by atoms with Crippen molar-refractivity contribution in [3.05, 3.63) is 23.6 Å². The summed E-state index contributed by atoms with van der Waals surface area (Å²) in [7, 11) is 0. The lowest BCUT2D eigenvalue weighted by Gasteiger charge is -2.00. The van der Waals surface area contributed by atoms with Gasteiger partial charge in [-0.25, -0.2) is 8.78 Å². The zero-order valence-electron chi connectivity index (χ0n) is 5.03. The Morgan fingerprint density at radius 1 is 1.00 bits per heavy atom. The average Bonchev–Trinajstić information content (AvgIpc) is 1.97. The fourth-order valence-electron chi connectivity index (χ4n) is 0.557. The van der Waals surface area contributed by atoms with Gasteiger partial charge < -0.3 is 0 Å². The third kappa shape index (κ3) is 1.09. The lowest BCUT2D eigenvalue weighted by molar-refractivity contribution is -0.132. The van der Waals surface area contributed by atoms with E-state index in [0.717, 1.165) is 0 Å². The third-order valence-electron chi connectivity index (χ3n) is 1.08. The number of ketones is 2. The van der Waals surface area contributed by atoms with Crippen LogP contribution in [0.1, 0.15) is 0 Å². The van der Waals surface area contributed by atoms with Crippen molar-refractivity contribution in [3.8, 4) is 0 Å². The van der Waals surface area contributed by atoms with Gasteiger partial charge in [-0.05, 0) is 0 Å². The molecule has 0 atom stereocenters. The molecule has 0 fully saturated rings. The molecule has 0 N–H and O–H groups in total. The lowest BCUT2D eigenvalue weighted by Crippen LogP contribution is -2.16. The zero-order chi connectivity index (χ0) is 8.59. The van der Waals surface area contributed by atoms with Crippen molar-refractivity contribution in [2.75, 3.05) is 0 Å². The number of carbonyl (C=O) groups is 2. The van der Waals surface area contributed by atoms with Gasteiger partial charge in [0.2, 0.25) is 11.6 Å². The maximum atomic E-state index is 12.1. The fourth-order valence-corrected chi connectivity index (χ4v) is 0.557. The summed E-state index contributed by atoms with van der Waals surface area (Å²) in [4.78, 5) is 20.5. The quantitative estimate of drug-likeness (QED) is 0.395. The van der Waals surface area contributed by atoms with Crippen molar-refractivity contribution in [1.82, 2.24) is 0 Å². The van der Waals surface area contributed by atoms with Gasteiger partial charge in [0.05, 0.1) is 0 Å². The number of rotatable bonds is 0. The zero-order valence-corrected chi connectivity index (χ0v) is 5.03. The van der Waals surface area contributed by atoms with Gasteiger partial charge in [-0.1, -0.05) is 0 Å². The van der Waals surface area contributed by atoms with Crippen LogP contribution >= 0.6 is 0 Å². The SMILES string of the molecule is O=C1C=C(F)C(F)=C(F)C1=O. The van der Waals surface area contributed by atoms with E-state index in [1.54, 1.807) is 0 Å². The minimum Gasteiger partial charge on any atom is -0.285 e. The van der Waals surface area contributed by atoms with Crippen LogP contribution in [0, 0.1) is 0 Å². The molecule has 1 aliphatic carbocycles. The number of allylic oxidation sites excluding steroid dienone is 4. The van der Waals surface area contributed by atoms with E-state index in [0.29, 0.717) is 0 Å². The van der Waals surface area contributed by atoms with Crippen LogP contribution in [0.5, 0.6) is 0 Å². The normalized spacial score (nSPS) is 19.0. The maximum absolute atomic E-state index is 12.1. The van der Waals surface area contributed by atoms with Gasteiger partial charge in [-0.2, -0.15) is 4.39 Å². The van der Waals surface area contributed by atoms with E-state index >= 15 is 0 Å². The third-order valence-corrected chi connectivity index (χ3v) is 1.08. The second-order valence-corrected chi connectivity index (χ2v) is 1.81. The van der Waals surface area contributed by atoms with E-state index in [4.69, 9.17) is 0 Å². The molecule has 5 heteroatoms. The van der Waals surface area contributed by atoms with Gasteiger partial charge in [-0.15, -0.1) is 0 Å². The highest BCUT2D eigenvalue weighted by Gasteiger charge is 2.29. The molecule has 0 saturated heterocycles. The van der Waals surface area contributed by atoms with E-state index in [1.807, 2.05) is 0 Å². The molecular weight excluding hydrogens is 161 g/mol. The van der Waals surface area contributed by atoms with Gasteiger partial charge in [0.1, 0.15) is 0 Å². The van der Waals surface area contributed by atoms with Crippen molar-refractivity contribution < 1.29 is 22.8 Å². The number of hydrogen-bond acceptors (Lipinski definition) is 2. The van der Waals surface area contributed by atoms with Gasteiger partial charge in [0, 0.05) is 6.08 Å². The van der Waals surface area contributed by atoms with Gasteiger partial charge >= 0.3 is 0 Å². The summed E-state index contributed by atoms with van der Waals surface area (Å²) >= 11 is 0. The van der Waals surface area contributed by atoms with Crippen molar-refractivity contribution in [1.29, 1.82) is 0 Å². The first-order chi connectivity index (χ1) is 5.04. The highest BCUT2D eigenvalue weighted by molar-refractivity contribution is 6.47. The van der Waals surface area contributed by atoms with Crippen molar-refractivity contribution in [2.45, 2.75) is 0 Å². The molecule has 11 heavy (non-hydrogen) atoms. The Morgan fingerprint density at radius 2 is 1.55 bits per heavy atom. The minimum absolute atomic E-state index is 0.112. The van der Waals surface area contributed by atoms with E-state index in [1.165, 1.54) is 0 Å². The van der Waals surface area contributed by atoms with Crippen molar-refractivity contribution in [2.24, 2.45) is 0 Å². The number of halogens is 3. The Labute approximate surface area is 59.0 Å². The highest BCUT2D eigenvalue weighted by Crippen LogP contribution is 2.23. The van der Waals surface area contributed by atoms with E-state index in [-0.39, 0.29) is 6.08 Å². The summed E-state index contributed by atoms with van der Waals surface area (Å²) in [6, 6.07) is 0. The lowest BCUT2D eigenvalue weighted by atomic mass is 10.1. The maximum Gasteiger partial charge on any atom is 0.264 e. The van der Waals surface area contributed by atoms with E-state index in [2.05, 4.69) is 0 Å². The molecule has 1 rings (SSSR count). The Hall–Kier alpha value is -1.39. The van der Waals surface area contributed by atoms with Crippen LogP contribution in [0.4, 0.5) is 13.2 Å². The average molecular weight is 162 g/mol. The standard InChI is InChI=1S/C6HF3O2/c7-2-1-3(10)6(11)5(9)4(2)8/h1H. The van der Waals surface area contributed by atoms with Crippen molar-refractivity contribution in [3.63, 3.8) is 0 Å². The Bertz CT molecular complexity index is 301. The van der Waals surface area contributed by atoms with Gasteiger partial charge in [-0.3, -0.25) is 9.59 Å². The number of Topliss-reactive ketones (excluding diaryl/α,β-unsaturated/α-hetero) is 1. The molecule has 58 valence electrons. The molecule has 0 spiro atoms. The Balaban J connectivity index is 3.22. The second-order valence-electron chi connectivity index (χ2n) is 1.81. The smallest absolute Gasteiger partial charge is 0.264 e. The summed E-state index contributed by atoms with van der Waals surface area (Å²) < 4.78 is 36.3. The monoisotopic (exact) mass is 162 g/mol. The molecular formula is C6HF3O2. The molecule has 0 aromatic heterocycles. The molecule has 0 unspecified atom stereocenters. The first-order valence-corrected chi connectivity index (χ1v) is 2.55. The largest absolute Gasteiger partial charge is 0.285 e. The number of hydrogen-bond donors (Lipinski definition) is 0. The topological polar surface area (TPSA) is 34.1 Å². The summed E-state index contributed by atoms with van der Waals surface area (Å²) in [6.07, 6.45) is 0.112. The molecule has 0 aromatic carbocycles. The van der Waals surface area contributed by atoms with Crippen LogP contribution in [0.3, 0.4) is 0 Å². The van der Waals surface area contributed by atoms with Crippen LogP contribution < -0.4 is 0 Å². The van der Waals surface area contributed by atoms with Crippen LogP contribution in [0.25, 0.3) is 0 Å². The highest BCUT2D eigenvalue weighted by atomic mass is 19.2. The fraction of sp³-hybridized carbons (Fsp3) is 0. The second kappa shape index (κ2) is 2.34. The van der Waals surface area contributed by atoms with E-state index < -0.39 is 29.0 Å². The molecule has 0 bridgehead atoms. The predicted molar refractivity (Wildman–Crippen MR) is 28.4 cm³/mol. The van der Waals surface area contributed by atoms with Gasteiger partial charge in [0.25, 0.3) is 5.78 Å². The van der Waals surface area contributed by atoms with E-state index in [9.17, 15) is 22.8 Å². The number of carbonyl (C=O) groups excluding carboxylic acids is 2. The summed E-state index contributed by atoms with van der Waals surface area (Å²) in [5.41, 5.74) is 0. The predicted octanol–water partition coefficient (Wildman–Crippen LogP) is 1.14. The molecule has 0 saturated carbocycles. The molecule has 2 nitrogen and oxygen atoms in total. The molecule has 0 radical (unpaired) electrons. The first kappa shape index (κ1) is 7.71. The summed E-state index contributed by atoms with van der Waals surface area (Å²) in [5, 5.41) is 0. The van der Waals surface area contributed by atoms with Crippen LogP contribution in [-0.2, 0) is 9.59 Å². The molecule has 1 aliphatic rings. The summed E-state index contributed by atoms with van der Waals surface area (Å²) in [5.74, 6) is -8.55. The first-order valence-electron chi connectivity index (χ1n) is 2.55. The van der Waals surface area contributed by atoms with Crippen molar-refractivity contribution >= 4 is 11.6 Å². The molecule has 0 aliphatic heterocycles. The Morgan fingerprint density at radius 3 is 2.09 bits per heavy atom. The Kier molecular flexibility index (Phi) is 1.64. The minimum atomic E-state index is -1.96. The van der Waals surface area contributed by atoms with Gasteiger partial charge in [0.15, 0.2) is 11.7 Å². The molecule has 0 amide bonds. The van der Waals surface area contributed by atoms with Crippen LogP contribution in [-0.4, -0.2) is 11.6 Å². The van der Waals surface area contributed by atoms with Crippen LogP contribution in [0.2, 0.25) is 0 Å².